The van der Waals surface area contributed by atoms with Gasteiger partial charge in [0.15, 0.2) is 17.5 Å². The molecule has 0 amide bonds. The molecule has 2 heterocycles. The quantitative estimate of drug-likeness (QED) is 0.160. The summed E-state index contributed by atoms with van der Waals surface area (Å²) >= 11 is 0. The van der Waals surface area contributed by atoms with Crippen molar-refractivity contribution in [2.75, 3.05) is 0 Å². The summed E-state index contributed by atoms with van der Waals surface area (Å²) in [6.45, 7) is 0. The second-order valence-electron chi connectivity index (χ2n) is 14.4. The van der Waals surface area contributed by atoms with E-state index in [1.807, 2.05) is 6.07 Å². The number of benzene rings is 9. The van der Waals surface area contributed by atoms with Crippen molar-refractivity contribution in [3.8, 4) is 62.1 Å². The van der Waals surface area contributed by atoms with Crippen LogP contribution in [0.4, 0.5) is 0 Å². The number of hydrogen-bond donors (Lipinski definition) is 0. The van der Waals surface area contributed by atoms with Gasteiger partial charge in [0, 0.05) is 27.5 Å². The van der Waals surface area contributed by atoms with Gasteiger partial charge < -0.3 is 4.57 Å². The maximum absolute atomic E-state index is 5.43. The molecule has 0 aliphatic rings. The highest BCUT2D eigenvalue weighted by atomic mass is 15.1. The van der Waals surface area contributed by atoms with Crippen LogP contribution in [0, 0.1) is 0 Å². The Balaban J connectivity index is 1.22. The number of para-hydroxylation sites is 2. The maximum atomic E-state index is 5.43. The third-order valence-corrected chi connectivity index (χ3v) is 11.0. The van der Waals surface area contributed by atoms with Crippen molar-refractivity contribution >= 4 is 43.4 Å². The minimum Gasteiger partial charge on any atom is -0.308 e. The van der Waals surface area contributed by atoms with Crippen LogP contribution in [0.25, 0.3) is 105 Å². The van der Waals surface area contributed by atoms with Gasteiger partial charge in [-0.3, -0.25) is 0 Å². The molecule has 0 fully saturated rings. The van der Waals surface area contributed by atoms with Crippen LogP contribution in [0.15, 0.2) is 206 Å². The minimum absolute atomic E-state index is 0.605. The van der Waals surface area contributed by atoms with Gasteiger partial charge in [0.1, 0.15) is 0 Å². The second-order valence-corrected chi connectivity index (χ2v) is 14.4. The minimum atomic E-state index is 0.605. The normalized spacial score (nSPS) is 11.5. The van der Waals surface area contributed by atoms with Gasteiger partial charge in [-0.15, -0.1) is 0 Å². The molecular weight excluding hydrogens is 693 g/mol. The van der Waals surface area contributed by atoms with E-state index in [9.17, 15) is 0 Å². The largest absolute Gasteiger partial charge is 0.308 e. The molecule has 266 valence electrons. The molecule has 2 aromatic heterocycles. The first-order chi connectivity index (χ1) is 28.3. The molecule has 4 nitrogen and oxygen atoms in total. The van der Waals surface area contributed by atoms with Crippen molar-refractivity contribution in [1.82, 2.24) is 19.5 Å². The standard InChI is InChI=1S/C53H34N4/c1-3-16-35(17-4-1)37-21-15-22-40(32-37)51-54-52(56-53(55-51)47-33-39-20-7-8-23-41(39)42-24-9-10-25-43(42)47)46-31-30-38(36-18-5-2-6-19-36)34-50(46)57-48-28-13-11-26-44(48)45-27-12-14-29-49(45)57/h1-34H. The van der Waals surface area contributed by atoms with Crippen LogP contribution < -0.4 is 0 Å². The summed E-state index contributed by atoms with van der Waals surface area (Å²) in [5, 5.41) is 6.99. The third kappa shape index (κ3) is 5.66. The highest BCUT2D eigenvalue weighted by molar-refractivity contribution is 6.13. The Bertz CT molecular complexity index is 3240. The highest BCUT2D eigenvalue weighted by Crippen LogP contribution is 2.40. The molecule has 11 rings (SSSR count). The molecule has 9 aromatic carbocycles. The molecule has 0 saturated carbocycles. The molecule has 0 aliphatic carbocycles. The number of hydrogen-bond acceptors (Lipinski definition) is 3. The first-order valence-electron chi connectivity index (χ1n) is 19.3. The van der Waals surface area contributed by atoms with Crippen molar-refractivity contribution < 1.29 is 0 Å². The molecule has 0 spiro atoms. The van der Waals surface area contributed by atoms with Crippen molar-refractivity contribution in [1.29, 1.82) is 0 Å². The average Bonchev–Trinajstić information content (AvgIpc) is 3.63. The van der Waals surface area contributed by atoms with E-state index in [4.69, 9.17) is 15.0 Å². The zero-order valence-corrected chi connectivity index (χ0v) is 30.9. The number of rotatable bonds is 6. The van der Waals surface area contributed by atoms with Crippen LogP contribution in [0.2, 0.25) is 0 Å². The highest BCUT2D eigenvalue weighted by Gasteiger charge is 2.21. The zero-order valence-electron chi connectivity index (χ0n) is 30.9. The van der Waals surface area contributed by atoms with Gasteiger partial charge >= 0.3 is 0 Å². The lowest BCUT2D eigenvalue weighted by atomic mass is 9.96. The Labute approximate surface area is 330 Å². The Morgan fingerprint density at radius 1 is 0.281 bits per heavy atom. The van der Waals surface area contributed by atoms with Gasteiger partial charge in [-0.05, 0) is 80.2 Å². The maximum Gasteiger partial charge on any atom is 0.166 e. The monoisotopic (exact) mass is 726 g/mol. The van der Waals surface area contributed by atoms with Gasteiger partial charge in [-0.1, -0.05) is 170 Å². The van der Waals surface area contributed by atoms with E-state index in [2.05, 4.69) is 205 Å². The molecule has 0 aliphatic heterocycles. The lowest BCUT2D eigenvalue weighted by Gasteiger charge is -2.17. The summed E-state index contributed by atoms with van der Waals surface area (Å²) < 4.78 is 2.37. The molecule has 0 radical (unpaired) electrons. The van der Waals surface area contributed by atoms with Gasteiger partial charge in [0.2, 0.25) is 0 Å². The Hall–Kier alpha value is -7.69. The van der Waals surface area contributed by atoms with Crippen LogP contribution in [0.1, 0.15) is 0 Å². The van der Waals surface area contributed by atoms with Crippen LogP contribution in [0.3, 0.4) is 0 Å². The third-order valence-electron chi connectivity index (χ3n) is 11.0. The van der Waals surface area contributed by atoms with E-state index in [-0.39, 0.29) is 0 Å². The Morgan fingerprint density at radius 2 is 0.772 bits per heavy atom. The molecule has 57 heavy (non-hydrogen) atoms. The van der Waals surface area contributed by atoms with E-state index in [0.29, 0.717) is 17.5 Å². The second kappa shape index (κ2) is 13.6. The van der Waals surface area contributed by atoms with Gasteiger partial charge in [0.25, 0.3) is 0 Å². The van der Waals surface area contributed by atoms with Crippen LogP contribution in [-0.2, 0) is 0 Å². The molecule has 0 N–H and O–H groups in total. The summed E-state index contributed by atoms with van der Waals surface area (Å²) in [5.41, 5.74) is 10.5. The molecule has 11 aromatic rings. The summed E-state index contributed by atoms with van der Waals surface area (Å²) in [4.78, 5) is 16.1. The van der Waals surface area contributed by atoms with Crippen LogP contribution >= 0.6 is 0 Å². The fourth-order valence-corrected chi connectivity index (χ4v) is 8.35. The van der Waals surface area contributed by atoms with E-state index in [0.717, 1.165) is 66.4 Å². The topological polar surface area (TPSA) is 43.6 Å². The van der Waals surface area contributed by atoms with Crippen molar-refractivity contribution in [3.05, 3.63) is 206 Å². The van der Waals surface area contributed by atoms with Crippen LogP contribution in [0.5, 0.6) is 0 Å². The summed E-state index contributed by atoms with van der Waals surface area (Å²) in [6, 6.07) is 72.8. The number of nitrogens with zero attached hydrogens (tertiary/aromatic N) is 4. The van der Waals surface area contributed by atoms with E-state index >= 15 is 0 Å². The lowest BCUT2D eigenvalue weighted by Crippen LogP contribution is -2.04. The summed E-state index contributed by atoms with van der Waals surface area (Å²) in [6.07, 6.45) is 0. The molecule has 4 heteroatoms. The Kier molecular flexibility index (Phi) is 7.78. The predicted molar refractivity (Wildman–Crippen MR) is 236 cm³/mol. The molecule has 0 unspecified atom stereocenters. The first kappa shape index (κ1) is 32.7. The molecule has 0 bridgehead atoms. The van der Waals surface area contributed by atoms with E-state index in [1.165, 1.54) is 21.5 Å². The molecule has 0 saturated heterocycles. The fourth-order valence-electron chi connectivity index (χ4n) is 8.35. The summed E-state index contributed by atoms with van der Waals surface area (Å²) in [7, 11) is 0. The summed E-state index contributed by atoms with van der Waals surface area (Å²) in [5.74, 6) is 1.85. The van der Waals surface area contributed by atoms with E-state index in [1.54, 1.807) is 0 Å². The number of fused-ring (bicyclic) bond motifs is 6. The van der Waals surface area contributed by atoms with Gasteiger partial charge in [-0.2, -0.15) is 0 Å². The Morgan fingerprint density at radius 3 is 1.46 bits per heavy atom. The van der Waals surface area contributed by atoms with Crippen molar-refractivity contribution in [3.63, 3.8) is 0 Å². The average molecular weight is 727 g/mol. The lowest BCUT2D eigenvalue weighted by molar-refractivity contribution is 1.07. The smallest absolute Gasteiger partial charge is 0.166 e. The predicted octanol–water partition coefficient (Wildman–Crippen LogP) is 13.6. The molecular formula is C53H34N4. The first-order valence-corrected chi connectivity index (χ1v) is 19.3. The zero-order chi connectivity index (χ0) is 37.7. The van der Waals surface area contributed by atoms with E-state index < -0.39 is 0 Å². The van der Waals surface area contributed by atoms with Crippen molar-refractivity contribution in [2.24, 2.45) is 0 Å². The molecule has 0 atom stereocenters. The van der Waals surface area contributed by atoms with Gasteiger partial charge in [-0.25, -0.2) is 15.0 Å². The van der Waals surface area contributed by atoms with Gasteiger partial charge in [0.05, 0.1) is 16.7 Å². The number of aromatic nitrogens is 4. The van der Waals surface area contributed by atoms with Crippen molar-refractivity contribution in [2.45, 2.75) is 0 Å². The van der Waals surface area contributed by atoms with Crippen LogP contribution in [-0.4, -0.2) is 19.5 Å². The SMILES string of the molecule is c1ccc(-c2cccc(-c3nc(-c4ccc(-c5ccccc5)cc4-n4c5ccccc5c5ccccc54)nc(-c4cc5ccccc5c5ccccc45)n3)c2)cc1. The fraction of sp³-hybridized carbons (Fsp3) is 0.